The largest absolute Gasteiger partial charge is 0.465 e. The third-order valence-corrected chi connectivity index (χ3v) is 2.99. The third-order valence-electron chi connectivity index (χ3n) is 2.99. The Morgan fingerprint density at radius 1 is 1.58 bits per heavy atom. The van der Waals surface area contributed by atoms with Gasteiger partial charge in [0.1, 0.15) is 6.23 Å². The second kappa shape index (κ2) is 5.56. The zero-order chi connectivity index (χ0) is 13.8. The molecule has 1 heterocycles. The molecule has 0 N–H and O–H groups in total. The lowest BCUT2D eigenvalue weighted by atomic mass is 9.96. The molecule has 0 radical (unpaired) electrons. The molecule has 0 saturated heterocycles. The number of hydrogen-bond donors (Lipinski definition) is 0. The van der Waals surface area contributed by atoms with E-state index >= 15 is 0 Å². The summed E-state index contributed by atoms with van der Waals surface area (Å²) in [6, 6.07) is 5.54. The molecule has 19 heavy (non-hydrogen) atoms. The summed E-state index contributed by atoms with van der Waals surface area (Å²) in [5, 5.41) is 3.55. The van der Waals surface area contributed by atoms with E-state index in [0.29, 0.717) is 24.2 Å². The van der Waals surface area contributed by atoms with Gasteiger partial charge in [0, 0.05) is 11.3 Å². The Labute approximate surface area is 110 Å². The van der Waals surface area contributed by atoms with Crippen LogP contribution in [0.15, 0.2) is 29.9 Å². The van der Waals surface area contributed by atoms with Gasteiger partial charge in [-0.2, -0.15) is 0 Å². The van der Waals surface area contributed by atoms with E-state index in [0.717, 1.165) is 11.1 Å². The molecule has 6 nitrogen and oxygen atoms in total. The number of nitrogens with zero attached hydrogens (tertiary/aromatic N) is 3. The van der Waals surface area contributed by atoms with E-state index in [9.17, 15) is 4.79 Å². The van der Waals surface area contributed by atoms with Crippen LogP contribution in [0.5, 0.6) is 0 Å². The smallest absolute Gasteiger partial charge is 0.337 e. The van der Waals surface area contributed by atoms with Gasteiger partial charge in [-0.05, 0) is 28.3 Å². The van der Waals surface area contributed by atoms with Crippen molar-refractivity contribution < 1.29 is 14.3 Å². The Bertz CT molecular complexity index is 576. The van der Waals surface area contributed by atoms with E-state index < -0.39 is 12.2 Å². The maximum absolute atomic E-state index is 11.4. The topological polar surface area (TPSA) is 84.3 Å². The third kappa shape index (κ3) is 2.76. The molecule has 1 aliphatic rings. The number of fused-ring (bicyclic) bond motifs is 1. The molecule has 1 aliphatic heterocycles. The standard InChI is InChI=1S/C13H13N3O3/c1-8(13(17)18-2)9-3-4-10-6-12(15-16-14)19-7-11(10)5-9/h3-5,12H,1,6-7H2,2H3. The van der Waals surface area contributed by atoms with Gasteiger partial charge in [0.05, 0.1) is 19.3 Å². The molecule has 0 bridgehead atoms. The number of carbonyl (C=O) groups is 1. The number of ether oxygens (including phenoxy) is 2. The summed E-state index contributed by atoms with van der Waals surface area (Å²) >= 11 is 0. The molecule has 2 rings (SSSR count). The van der Waals surface area contributed by atoms with Gasteiger partial charge in [0.15, 0.2) is 0 Å². The highest BCUT2D eigenvalue weighted by Crippen LogP contribution is 2.25. The van der Waals surface area contributed by atoms with Gasteiger partial charge in [-0.1, -0.05) is 23.8 Å². The van der Waals surface area contributed by atoms with Crippen LogP contribution in [-0.4, -0.2) is 19.3 Å². The maximum atomic E-state index is 11.4. The molecule has 0 fully saturated rings. The molecule has 0 amide bonds. The minimum Gasteiger partial charge on any atom is -0.465 e. The summed E-state index contributed by atoms with van der Waals surface area (Å²) in [5.41, 5.74) is 11.4. The predicted molar refractivity (Wildman–Crippen MR) is 68.9 cm³/mol. The molecule has 0 spiro atoms. The van der Waals surface area contributed by atoms with Crippen molar-refractivity contribution in [3.8, 4) is 0 Å². The lowest BCUT2D eigenvalue weighted by molar-refractivity contribution is -0.133. The maximum Gasteiger partial charge on any atom is 0.337 e. The Balaban J connectivity index is 2.24. The number of carbonyl (C=O) groups excluding carboxylic acids is 1. The van der Waals surface area contributed by atoms with Crippen LogP contribution in [0.4, 0.5) is 0 Å². The lowest BCUT2D eigenvalue weighted by Gasteiger charge is -2.22. The summed E-state index contributed by atoms with van der Waals surface area (Å²) in [4.78, 5) is 14.1. The Morgan fingerprint density at radius 2 is 2.37 bits per heavy atom. The summed E-state index contributed by atoms with van der Waals surface area (Å²) in [5.74, 6) is -0.455. The van der Waals surface area contributed by atoms with E-state index in [4.69, 9.17) is 10.3 Å². The Morgan fingerprint density at radius 3 is 3.05 bits per heavy atom. The van der Waals surface area contributed by atoms with E-state index in [1.807, 2.05) is 12.1 Å². The SMILES string of the molecule is C=C(C(=O)OC)c1ccc2c(c1)COC(N=[N+]=[N-])C2. The second-order valence-electron chi connectivity index (χ2n) is 4.13. The van der Waals surface area contributed by atoms with Crippen molar-refractivity contribution in [3.05, 3.63) is 51.9 Å². The van der Waals surface area contributed by atoms with Gasteiger partial charge >= 0.3 is 5.97 Å². The number of methoxy groups -OCH3 is 1. The van der Waals surface area contributed by atoms with E-state index in [1.165, 1.54) is 7.11 Å². The van der Waals surface area contributed by atoms with Crippen LogP contribution in [0.1, 0.15) is 16.7 Å². The Kier molecular flexibility index (Phi) is 3.85. The molecule has 1 aromatic carbocycles. The zero-order valence-electron chi connectivity index (χ0n) is 10.5. The molecule has 98 valence electrons. The van der Waals surface area contributed by atoms with Gasteiger partial charge in [-0.15, -0.1) is 0 Å². The van der Waals surface area contributed by atoms with E-state index in [1.54, 1.807) is 6.07 Å². The average molecular weight is 259 g/mol. The molecule has 0 aromatic heterocycles. The van der Waals surface area contributed by atoms with Gasteiger partial charge in [0.25, 0.3) is 0 Å². The van der Waals surface area contributed by atoms with Crippen LogP contribution < -0.4 is 0 Å². The van der Waals surface area contributed by atoms with Crippen molar-refractivity contribution in [2.24, 2.45) is 5.11 Å². The van der Waals surface area contributed by atoms with Crippen molar-refractivity contribution in [2.75, 3.05) is 7.11 Å². The fraction of sp³-hybridized carbons (Fsp3) is 0.308. The Hall–Kier alpha value is -2.30. The number of benzene rings is 1. The van der Waals surface area contributed by atoms with Crippen LogP contribution in [0.25, 0.3) is 16.0 Å². The first-order valence-corrected chi connectivity index (χ1v) is 5.71. The minimum absolute atomic E-state index is 0.308. The van der Waals surface area contributed by atoms with Crippen LogP contribution in [0.3, 0.4) is 0 Å². The molecule has 1 unspecified atom stereocenters. The summed E-state index contributed by atoms with van der Waals surface area (Å²) in [6.45, 7) is 4.06. The molecule has 6 heteroatoms. The van der Waals surface area contributed by atoms with Gasteiger partial charge < -0.3 is 9.47 Å². The van der Waals surface area contributed by atoms with Crippen LogP contribution in [0, 0.1) is 0 Å². The first kappa shape index (κ1) is 13.1. The minimum atomic E-state index is -0.466. The van der Waals surface area contributed by atoms with Crippen molar-refractivity contribution >= 4 is 11.5 Å². The highest BCUT2D eigenvalue weighted by atomic mass is 16.5. The normalized spacial score (nSPS) is 17.0. The van der Waals surface area contributed by atoms with Crippen molar-refractivity contribution in [1.82, 2.24) is 0 Å². The summed E-state index contributed by atoms with van der Waals surface area (Å²) in [7, 11) is 1.32. The first-order chi connectivity index (χ1) is 9.15. The zero-order valence-corrected chi connectivity index (χ0v) is 10.5. The molecule has 1 atom stereocenters. The molecular formula is C13H13N3O3. The fourth-order valence-electron chi connectivity index (χ4n) is 1.95. The molecule has 1 aromatic rings. The predicted octanol–water partition coefficient (Wildman–Crippen LogP) is 2.58. The first-order valence-electron chi connectivity index (χ1n) is 5.71. The number of rotatable bonds is 3. The van der Waals surface area contributed by atoms with Crippen LogP contribution in [-0.2, 0) is 27.3 Å². The monoisotopic (exact) mass is 259 g/mol. The highest BCUT2D eigenvalue weighted by Gasteiger charge is 2.19. The van der Waals surface area contributed by atoms with Crippen molar-refractivity contribution in [3.63, 3.8) is 0 Å². The number of hydrogen-bond acceptors (Lipinski definition) is 4. The van der Waals surface area contributed by atoms with Gasteiger partial charge in [-0.3, -0.25) is 0 Å². The van der Waals surface area contributed by atoms with Crippen molar-refractivity contribution in [1.29, 1.82) is 0 Å². The lowest BCUT2D eigenvalue weighted by Crippen LogP contribution is -2.20. The van der Waals surface area contributed by atoms with Crippen molar-refractivity contribution in [2.45, 2.75) is 19.3 Å². The molecule has 0 saturated carbocycles. The van der Waals surface area contributed by atoms with E-state index in [2.05, 4.69) is 21.3 Å². The highest BCUT2D eigenvalue weighted by molar-refractivity contribution is 6.15. The second-order valence-corrected chi connectivity index (χ2v) is 4.13. The summed E-state index contributed by atoms with van der Waals surface area (Å²) < 4.78 is 10.0. The molecule has 0 aliphatic carbocycles. The van der Waals surface area contributed by atoms with Gasteiger partial charge in [-0.25, -0.2) is 4.79 Å². The summed E-state index contributed by atoms with van der Waals surface area (Å²) in [6.07, 6.45) is 0.0665. The fourth-order valence-corrected chi connectivity index (χ4v) is 1.95. The number of azide groups is 1. The average Bonchev–Trinajstić information content (AvgIpc) is 2.45. The van der Waals surface area contributed by atoms with E-state index in [-0.39, 0.29) is 0 Å². The quantitative estimate of drug-likeness (QED) is 0.275. The molecular weight excluding hydrogens is 246 g/mol. The van der Waals surface area contributed by atoms with Crippen LogP contribution >= 0.6 is 0 Å². The number of esters is 1. The van der Waals surface area contributed by atoms with Gasteiger partial charge in [0.2, 0.25) is 0 Å². The van der Waals surface area contributed by atoms with Crippen LogP contribution in [0.2, 0.25) is 0 Å².